The van der Waals surface area contributed by atoms with E-state index in [-0.39, 0.29) is 6.54 Å². The van der Waals surface area contributed by atoms with Gasteiger partial charge in [-0.1, -0.05) is 23.8 Å². The van der Waals surface area contributed by atoms with Crippen molar-refractivity contribution in [2.24, 2.45) is 0 Å². The Labute approximate surface area is 117 Å². The molecule has 0 bridgehead atoms. The molecule has 0 heterocycles. The Morgan fingerprint density at radius 2 is 1.80 bits per heavy atom. The molecule has 2 rings (SSSR count). The van der Waals surface area contributed by atoms with Crippen molar-refractivity contribution >= 4 is 5.69 Å². The molecule has 0 amide bonds. The van der Waals surface area contributed by atoms with Gasteiger partial charge in [0, 0.05) is 12.2 Å². The van der Waals surface area contributed by atoms with Crippen molar-refractivity contribution in [2.45, 2.75) is 20.0 Å². The van der Waals surface area contributed by atoms with Crippen molar-refractivity contribution in [1.29, 1.82) is 0 Å². The van der Waals surface area contributed by atoms with E-state index in [1.165, 1.54) is 6.07 Å². The van der Waals surface area contributed by atoms with Crippen LogP contribution in [0.5, 0.6) is 0 Å². The zero-order valence-electron chi connectivity index (χ0n) is 11.5. The molecular weight excluding hydrogens is 260 g/mol. The number of rotatable bonds is 4. The average Bonchev–Trinajstić information content (AvgIpc) is 2.40. The fourth-order valence-electron chi connectivity index (χ4n) is 2.06. The zero-order chi connectivity index (χ0) is 14.7. The van der Waals surface area contributed by atoms with Crippen molar-refractivity contribution in [1.82, 2.24) is 0 Å². The molecule has 0 saturated carbocycles. The van der Waals surface area contributed by atoms with Gasteiger partial charge in [0.05, 0.1) is 6.10 Å². The Balaban J connectivity index is 2.04. The molecule has 20 heavy (non-hydrogen) atoms. The molecule has 4 heteroatoms. The minimum Gasteiger partial charge on any atom is -0.387 e. The van der Waals surface area contributed by atoms with Crippen LogP contribution < -0.4 is 5.32 Å². The van der Waals surface area contributed by atoms with Gasteiger partial charge < -0.3 is 10.4 Å². The Kier molecular flexibility index (Phi) is 4.35. The van der Waals surface area contributed by atoms with E-state index < -0.39 is 17.7 Å². The fourth-order valence-corrected chi connectivity index (χ4v) is 2.06. The van der Waals surface area contributed by atoms with Crippen LogP contribution in [0.1, 0.15) is 22.8 Å². The van der Waals surface area contributed by atoms with E-state index >= 15 is 0 Å². The number of halogens is 2. The molecular formula is C16H17F2NO. The number of hydrogen-bond donors (Lipinski definition) is 2. The van der Waals surface area contributed by atoms with Gasteiger partial charge in [-0.15, -0.1) is 0 Å². The number of benzene rings is 2. The molecule has 0 radical (unpaired) electrons. The second-order valence-electron chi connectivity index (χ2n) is 4.89. The Hall–Kier alpha value is -1.94. The Morgan fingerprint density at radius 3 is 2.45 bits per heavy atom. The van der Waals surface area contributed by atoms with Crippen molar-refractivity contribution < 1.29 is 13.9 Å². The van der Waals surface area contributed by atoms with Crippen molar-refractivity contribution in [3.05, 3.63) is 64.7 Å². The largest absolute Gasteiger partial charge is 0.387 e. The molecule has 1 unspecified atom stereocenters. The molecule has 0 spiro atoms. The quantitative estimate of drug-likeness (QED) is 0.892. The van der Waals surface area contributed by atoms with Crippen LogP contribution in [-0.2, 0) is 0 Å². The number of nitrogens with one attached hydrogen (secondary N) is 1. The van der Waals surface area contributed by atoms with Crippen LogP contribution in [0.4, 0.5) is 14.5 Å². The summed E-state index contributed by atoms with van der Waals surface area (Å²) in [6.45, 7) is 4.21. The lowest BCUT2D eigenvalue weighted by Crippen LogP contribution is -2.13. The standard InChI is InChI=1S/C16H17F2NO/c1-10-3-6-15(11(2)7-10)19-9-16(20)12-4-5-13(17)14(18)8-12/h3-8,16,19-20H,9H2,1-2H3. The van der Waals surface area contributed by atoms with Gasteiger partial charge in [0.25, 0.3) is 0 Å². The Bertz CT molecular complexity index is 613. The maximum atomic E-state index is 13.1. The van der Waals surface area contributed by atoms with Crippen LogP contribution >= 0.6 is 0 Å². The lowest BCUT2D eigenvalue weighted by molar-refractivity contribution is 0.191. The third kappa shape index (κ3) is 3.33. The minimum atomic E-state index is -0.951. The summed E-state index contributed by atoms with van der Waals surface area (Å²) in [5.41, 5.74) is 3.50. The summed E-state index contributed by atoms with van der Waals surface area (Å²) in [5, 5.41) is 13.1. The highest BCUT2D eigenvalue weighted by atomic mass is 19.2. The van der Waals surface area contributed by atoms with Gasteiger partial charge in [-0.3, -0.25) is 0 Å². The first kappa shape index (κ1) is 14.5. The van der Waals surface area contributed by atoms with E-state index in [1.54, 1.807) is 0 Å². The first-order chi connectivity index (χ1) is 9.47. The number of aliphatic hydroxyl groups is 1. The predicted octanol–water partition coefficient (Wildman–Crippen LogP) is 3.73. The zero-order valence-corrected chi connectivity index (χ0v) is 11.5. The van der Waals surface area contributed by atoms with E-state index in [9.17, 15) is 13.9 Å². The summed E-state index contributed by atoms with van der Waals surface area (Å²) in [5.74, 6) is -1.86. The van der Waals surface area contributed by atoms with Crippen LogP contribution in [0.15, 0.2) is 36.4 Å². The van der Waals surface area contributed by atoms with E-state index in [0.717, 1.165) is 28.9 Å². The van der Waals surface area contributed by atoms with Gasteiger partial charge in [-0.05, 0) is 43.2 Å². The highest BCUT2D eigenvalue weighted by Gasteiger charge is 2.11. The average molecular weight is 277 g/mol. The number of aliphatic hydroxyl groups excluding tert-OH is 1. The molecule has 2 aromatic rings. The molecule has 0 saturated heterocycles. The number of hydrogen-bond acceptors (Lipinski definition) is 2. The maximum Gasteiger partial charge on any atom is 0.159 e. The van der Waals surface area contributed by atoms with Gasteiger partial charge in [0.1, 0.15) is 0 Å². The molecule has 0 aliphatic carbocycles. The molecule has 1 atom stereocenters. The third-order valence-corrected chi connectivity index (χ3v) is 3.20. The second kappa shape index (κ2) is 6.01. The van der Waals surface area contributed by atoms with Crippen LogP contribution in [-0.4, -0.2) is 11.7 Å². The molecule has 2 N–H and O–H groups in total. The summed E-state index contributed by atoms with van der Waals surface area (Å²) >= 11 is 0. The van der Waals surface area contributed by atoms with Crippen molar-refractivity contribution in [2.75, 3.05) is 11.9 Å². The van der Waals surface area contributed by atoms with E-state index in [2.05, 4.69) is 5.32 Å². The van der Waals surface area contributed by atoms with Crippen LogP contribution in [0.25, 0.3) is 0 Å². The second-order valence-corrected chi connectivity index (χ2v) is 4.89. The first-order valence-electron chi connectivity index (χ1n) is 6.41. The van der Waals surface area contributed by atoms with Gasteiger partial charge in [-0.25, -0.2) is 8.78 Å². The SMILES string of the molecule is Cc1ccc(NCC(O)c2ccc(F)c(F)c2)c(C)c1. The van der Waals surface area contributed by atoms with Gasteiger partial charge in [0.2, 0.25) is 0 Å². The lowest BCUT2D eigenvalue weighted by Gasteiger charge is -2.15. The number of aryl methyl sites for hydroxylation is 2. The molecule has 0 aliphatic heterocycles. The maximum absolute atomic E-state index is 13.1. The van der Waals surface area contributed by atoms with Crippen molar-refractivity contribution in [3.8, 4) is 0 Å². The molecule has 0 aromatic heterocycles. The summed E-state index contributed by atoms with van der Waals surface area (Å²) in [7, 11) is 0. The van der Waals surface area contributed by atoms with Crippen LogP contribution in [0.3, 0.4) is 0 Å². The minimum absolute atomic E-state index is 0.231. The first-order valence-corrected chi connectivity index (χ1v) is 6.41. The molecule has 2 nitrogen and oxygen atoms in total. The van der Waals surface area contributed by atoms with E-state index in [4.69, 9.17) is 0 Å². The van der Waals surface area contributed by atoms with Crippen molar-refractivity contribution in [3.63, 3.8) is 0 Å². The highest BCUT2D eigenvalue weighted by molar-refractivity contribution is 5.52. The number of anilines is 1. The normalized spacial score (nSPS) is 12.2. The molecule has 0 fully saturated rings. The monoisotopic (exact) mass is 277 g/mol. The van der Waals surface area contributed by atoms with Gasteiger partial charge in [-0.2, -0.15) is 0 Å². The highest BCUT2D eigenvalue weighted by Crippen LogP contribution is 2.20. The predicted molar refractivity (Wildman–Crippen MR) is 75.7 cm³/mol. The van der Waals surface area contributed by atoms with Gasteiger partial charge >= 0.3 is 0 Å². The molecule has 0 aliphatic rings. The molecule has 106 valence electrons. The van der Waals surface area contributed by atoms with E-state index in [1.807, 2.05) is 32.0 Å². The third-order valence-electron chi connectivity index (χ3n) is 3.20. The smallest absolute Gasteiger partial charge is 0.159 e. The fraction of sp³-hybridized carbons (Fsp3) is 0.250. The van der Waals surface area contributed by atoms with E-state index in [0.29, 0.717) is 5.56 Å². The Morgan fingerprint density at radius 1 is 1.05 bits per heavy atom. The lowest BCUT2D eigenvalue weighted by atomic mass is 10.1. The summed E-state index contributed by atoms with van der Waals surface area (Å²) in [6.07, 6.45) is -0.897. The summed E-state index contributed by atoms with van der Waals surface area (Å²) in [6, 6.07) is 9.36. The van der Waals surface area contributed by atoms with Crippen LogP contribution in [0.2, 0.25) is 0 Å². The topological polar surface area (TPSA) is 32.3 Å². The summed E-state index contributed by atoms with van der Waals surface area (Å²) in [4.78, 5) is 0. The van der Waals surface area contributed by atoms with Crippen LogP contribution in [0, 0.1) is 25.5 Å². The molecule has 2 aromatic carbocycles. The summed E-state index contributed by atoms with van der Waals surface area (Å²) < 4.78 is 25.9. The van der Waals surface area contributed by atoms with Gasteiger partial charge in [0.15, 0.2) is 11.6 Å².